The van der Waals surface area contributed by atoms with Gasteiger partial charge in [0.1, 0.15) is 23.6 Å². The first-order valence-electron chi connectivity index (χ1n) is 10.9. The van der Waals surface area contributed by atoms with Crippen LogP contribution < -0.4 is 5.32 Å². The number of carbonyl (C=O) groups is 2. The third kappa shape index (κ3) is 5.81. The van der Waals surface area contributed by atoms with Crippen molar-refractivity contribution in [2.24, 2.45) is 0 Å². The molecule has 0 unspecified atom stereocenters. The highest BCUT2D eigenvalue weighted by atomic mass is 35.5. The average Bonchev–Trinajstić information content (AvgIpc) is 3.34. The van der Waals surface area contributed by atoms with E-state index in [9.17, 15) is 18.4 Å². The van der Waals surface area contributed by atoms with Crippen LogP contribution in [0.2, 0.25) is 5.02 Å². The first-order chi connectivity index (χ1) is 15.7. The third-order valence-electron chi connectivity index (χ3n) is 5.10. The summed E-state index contributed by atoms with van der Waals surface area (Å²) in [5.74, 6) is -0.945. The monoisotopic (exact) mass is 498 g/mol. The molecule has 2 heterocycles. The molecule has 1 fully saturated rings. The van der Waals surface area contributed by atoms with Crippen molar-refractivity contribution in [2.75, 3.05) is 6.54 Å². The smallest absolute Gasteiger partial charge is 0.411 e. The number of hydrogen-bond acceptors (Lipinski definition) is 6. The first kappa shape index (κ1) is 25.8. The van der Waals surface area contributed by atoms with Crippen molar-refractivity contribution in [1.29, 1.82) is 0 Å². The molecular formula is C22H29ClF2N6O3. The molecule has 3 rings (SSSR count). The molecule has 9 nitrogen and oxygen atoms in total. The van der Waals surface area contributed by atoms with Gasteiger partial charge in [0.2, 0.25) is 5.91 Å². The van der Waals surface area contributed by atoms with Gasteiger partial charge in [-0.3, -0.25) is 9.69 Å². The molecule has 1 aromatic heterocycles. The molecule has 0 aliphatic carbocycles. The van der Waals surface area contributed by atoms with E-state index in [-0.39, 0.29) is 30.1 Å². The standard InChI is InChI=1S/C22H29ClF2N6O3/c1-21(2,3)31-18(27-28-29-31)12-7-13(17(25)15(23)8-12)10-26-19(32)16-9-14(24)11-30(16)20(33)34-22(4,5)6/h7-8,14,16H,9-11H2,1-6H3,(H,26,32)/t14-,16+/m1/s1. The quantitative estimate of drug-likeness (QED) is 0.687. The van der Waals surface area contributed by atoms with Crippen molar-refractivity contribution >= 4 is 23.6 Å². The number of benzene rings is 1. The highest BCUT2D eigenvalue weighted by molar-refractivity contribution is 6.31. The van der Waals surface area contributed by atoms with Crippen molar-refractivity contribution in [1.82, 2.24) is 30.4 Å². The number of carbonyl (C=O) groups excluding carboxylic acids is 2. The Morgan fingerprint density at radius 2 is 1.91 bits per heavy atom. The fraction of sp³-hybridized carbons (Fsp3) is 0.591. The van der Waals surface area contributed by atoms with Crippen LogP contribution in [0.25, 0.3) is 11.4 Å². The molecule has 2 atom stereocenters. The highest BCUT2D eigenvalue weighted by Gasteiger charge is 2.41. The Morgan fingerprint density at radius 1 is 1.24 bits per heavy atom. The normalized spacial score (nSPS) is 18.8. The number of ether oxygens (including phenoxy) is 1. The van der Waals surface area contributed by atoms with Gasteiger partial charge >= 0.3 is 6.09 Å². The number of nitrogens with zero attached hydrogens (tertiary/aromatic N) is 5. The predicted octanol–water partition coefficient (Wildman–Crippen LogP) is 3.85. The highest BCUT2D eigenvalue weighted by Crippen LogP contribution is 2.29. The molecule has 1 aliphatic rings. The van der Waals surface area contributed by atoms with E-state index in [0.29, 0.717) is 11.4 Å². The van der Waals surface area contributed by atoms with E-state index in [1.807, 2.05) is 20.8 Å². The molecule has 1 N–H and O–H groups in total. The zero-order valence-corrected chi connectivity index (χ0v) is 20.8. The van der Waals surface area contributed by atoms with Crippen LogP contribution in [0, 0.1) is 5.82 Å². The molecular weight excluding hydrogens is 470 g/mol. The van der Waals surface area contributed by atoms with Gasteiger partial charge < -0.3 is 10.1 Å². The number of tetrazole rings is 1. The van der Waals surface area contributed by atoms with Crippen LogP contribution in [-0.2, 0) is 21.6 Å². The lowest BCUT2D eigenvalue weighted by atomic mass is 10.1. The molecule has 12 heteroatoms. The largest absolute Gasteiger partial charge is 0.444 e. The van der Waals surface area contributed by atoms with Crippen LogP contribution in [-0.4, -0.2) is 61.5 Å². The van der Waals surface area contributed by atoms with Crippen LogP contribution in [0.4, 0.5) is 13.6 Å². The Bertz CT molecular complexity index is 1080. The van der Waals surface area contributed by atoms with Crippen molar-refractivity contribution in [2.45, 2.75) is 77.9 Å². The number of alkyl halides is 1. The summed E-state index contributed by atoms with van der Waals surface area (Å²) in [5, 5.41) is 14.1. The van der Waals surface area contributed by atoms with Crippen molar-refractivity contribution in [3.8, 4) is 11.4 Å². The van der Waals surface area contributed by atoms with E-state index >= 15 is 0 Å². The van der Waals surface area contributed by atoms with Crippen LogP contribution in [0.1, 0.15) is 53.5 Å². The van der Waals surface area contributed by atoms with E-state index in [2.05, 4.69) is 20.8 Å². The summed E-state index contributed by atoms with van der Waals surface area (Å²) in [5.41, 5.74) is -0.673. The Balaban J connectivity index is 1.79. The molecule has 34 heavy (non-hydrogen) atoms. The van der Waals surface area contributed by atoms with E-state index in [4.69, 9.17) is 16.3 Å². The van der Waals surface area contributed by atoms with Gasteiger partial charge in [-0.05, 0) is 64.1 Å². The Morgan fingerprint density at radius 3 is 2.53 bits per heavy atom. The zero-order chi connectivity index (χ0) is 25.4. The lowest BCUT2D eigenvalue weighted by molar-refractivity contribution is -0.125. The topological polar surface area (TPSA) is 102 Å². The molecule has 0 spiro atoms. The second-order valence-electron chi connectivity index (χ2n) is 10.2. The molecule has 186 valence electrons. The number of aromatic nitrogens is 4. The van der Waals surface area contributed by atoms with Crippen LogP contribution in [0.3, 0.4) is 0 Å². The summed E-state index contributed by atoms with van der Waals surface area (Å²) in [6.45, 7) is 10.3. The maximum absolute atomic E-state index is 14.8. The fourth-order valence-electron chi connectivity index (χ4n) is 3.58. The zero-order valence-electron chi connectivity index (χ0n) is 20.0. The lowest BCUT2D eigenvalue weighted by Crippen LogP contribution is -2.47. The summed E-state index contributed by atoms with van der Waals surface area (Å²) in [6.07, 6.45) is -2.32. The fourth-order valence-corrected chi connectivity index (χ4v) is 3.82. The van der Waals surface area contributed by atoms with Gasteiger partial charge in [0.25, 0.3) is 0 Å². The van der Waals surface area contributed by atoms with Crippen LogP contribution >= 0.6 is 11.6 Å². The maximum atomic E-state index is 14.8. The lowest BCUT2D eigenvalue weighted by Gasteiger charge is -2.27. The molecule has 1 saturated heterocycles. The summed E-state index contributed by atoms with van der Waals surface area (Å²) >= 11 is 6.11. The summed E-state index contributed by atoms with van der Waals surface area (Å²) in [7, 11) is 0. The van der Waals surface area contributed by atoms with Crippen molar-refractivity contribution in [3.05, 3.63) is 28.5 Å². The first-order valence-corrected chi connectivity index (χ1v) is 11.2. The second-order valence-corrected chi connectivity index (χ2v) is 10.6. The second kappa shape index (κ2) is 9.44. The van der Waals surface area contributed by atoms with E-state index < -0.39 is 41.2 Å². The average molecular weight is 499 g/mol. The number of hydrogen-bond donors (Lipinski definition) is 1. The Kier molecular flexibility index (Phi) is 7.16. The molecule has 1 aromatic carbocycles. The molecule has 2 aromatic rings. The van der Waals surface area contributed by atoms with Gasteiger partial charge in [-0.1, -0.05) is 11.6 Å². The van der Waals surface area contributed by atoms with Gasteiger partial charge in [-0.2, -0.15) is 0 Å². The van der Waals surface area contributed by atoms with E-state index in [0.717, 1.165) is 4.90 Å². The predicted molar refractivity (Wildman–Crippen MR) is 121 cm³/mol. The Labute approximate surface area is 201 Å². The molecule has 1 aliphatic heterocycles. The van der Waals surface area contributed by atoms with Gasteiger partial charge in [-0.15, -0.1) is 5.10 Å². The van der Waals surface area contributed by atoms with Gasteiger partial charge in [0.15, 0.2) is 5.82 Å². The van der Waals surface area contributed by atoms with Crippen molar-refractivity contribution in [3.63, 3.8) is 0 Å². The number of rotatable bonds is 4. The number of halogens is 3. The minimum Gasteiger partial charge on any atom is -0.444 e. The minimum atomic E-state index is -1.37. The van der Waals surface area contributed by atoms with Gasteiger partial charge in [0, 0.05) is 24.1 Å². The van der Waals surface area contributed by atoms with Crippen LogP contribution in [0.15, 0.2) is 12.1 Å². The number of amides is 2. The minimum absolute atomic E-state index is 0.0953. The van der Waals surface area contributed by atoms with E-state index in [1.54, 1.807) is 25.5 Å². The molecule has 2 amide bonds. The summed E-state index contributed by atoms with van der Waals surface area (Å²) < 4.78 is 35.7. The summed E-state index contributed by atoms with van der Waals surface area (Å²) in [4.78, 5) is 26.3. The molecule has 0 bridgehead atoms. The number of likely N-dealkylation sites (tertiary alicyclic amines) is 1. The van der Waals surface area contributed by atoms with Crippen LogP contribution in [0.5, 0.6) is 0 Å². The third-order valence-corrected chi connectivity index (χ3v) is 5.38. The van der Waals surface area contributed by atoms with Crippen molar-refractivity contribution < 1.29 is 23.1 Å². The number of nitrogens with one attached hydrogen (secondary N) is 1. The summed E-state index contributed by atoms with van der Waals surface area (Å²) in [6, 6.07) is 1.83. The van der Waals surface area contributed by atoms with Gasteiger partial charge in [-0.25, -0.2) is 18.3 Å². The van der Waals surface area contributed by atoms with Gasteiger partial charge in [0.05, 0.1) is 17.1 Å². The Hall–Kier alpha value is -2.82. The molecule has 0 radical (unpaired) electrons. The molecule has 0 saturated carbocycles. The SMILES string of the molecule is CC(C)(C)OC(=O)N1C[C@H](F)C[C@H]1C(=O)NCc1cc(-c2nnnn2C(C)(C)C)cc(Cl)c1F. The maximum Gasteiger partial charge on any atom is 0.411 e. The van der Waals surface area contributed by atoms with E-state index in [1.165, 1.54) is 12.1 Å².